The summed E-state index contributed by atoms with van der Waals surface area (Å²) in [6, 6.07) is 5.68. The van der Waals surface area contributed by atoms with Gasteiger partial charge in [0, 0.05) is 13.1 Å². The number of ether oxygens (including phenoxy) is 2. The average molecular weight is 352 g/mol. The van der Waals surface area contributed by atoms with E-state index in [9.17, 15) is 14.0 Å². The molecule has 136 valence electrons. The minimum atomic E-state index is -0.414. The molecule has 2 saturated heterocycles. The Balaban J connectivity index is 1.36. The van der Waals surface area contributed by atoms with Gasteiger partial charge in [0.15, 0.2) is 11.6 Å². The van der Waals surface area contributed by atoms with Crippen LogP contribution in [-0.4, -0.2) is 61.8 Å². The van der Waals surface area contributed by atoms with E-state index in [1.807, 2.05) is 0 Å². The summed E-state index contributed by atoms with van der Waals surface area (Å²) in [6.07, 6.45) is 0.173. The predicted octanol–water partition coefficient (Wildman–Crippen LogP) is 0.00800. The number of hydrogen-bond acceptors (Lipinski definition) is 6. The van der Waals surface area contributed by atoms with E-state index in [0.29, 0.717) is 32.7 Å². The molecule has 0 spiro atoms. The van der Waals surface area contributed by atoms with Crippen LogP contribution >= 0.6 is 0 Å². The van der Waals surface area contributed by atoms with E-state index in [1.165, 1.54) is 6.07 Å². The quantitative estimate of drug-likeness (QED) is 0.640. The standard InChI is InChI=1S/C16H21FN4O4/c17-12-3-1-2-4-14(12)25-10-11-9-13(20-19-11)15(22)18-5-6-21-7-8-24-16(21)23/h1-4,11,13,19-20H,5-10H2,(H,18,22). The number of hydrogen-bond donors (Lipinski definition) is 3. The van der Waals surface area contributed by atoms with Gasteiger partial charge in [-0.25, -0.2) is 14.6 Å². The van der Waals surface area contributed by atoms with Crippen LogP contribution < -0.4 is 20.9 Å². The molecule has 25 heavy (non-hydrogen) atoms. The first-order valence-electron chi connectivity index (χ1n) is 8.21. The van der Waals surface area contributed by atoms with Gasteiger partial charge in [-0.3, -0.25) is 10.2 Å². The lowest BCUT2D eigenvalue weighted by atomic mass is 10.1. The van der Waals surface area contributed by atoms with Crippen molar-refractivity contribution in [2.45, 2.75) is 18.5 Å². The molecule has 2 atom stereocenters. The molecule has 3 rings (SSSR count). The second-order valence-corrected chi connectivity index (χ2v) is 5.91. The predicted molar refractivity (Wildman–Crippen MR) is 86.3 cm³/mol. The van der Waals surface area contributed by atoms with Gasteiger partial charge in [0.25, 0.3) is 0 Å². The van der Waals surface area contributed by atoms with E-state index in [2.05, 4.69) is 16.2 Å². The zero-order valence-corrected chi connectivity index (χ0v) is 13.7. The number of para-hydroxylation sites is 1. The van der Waals surface area contributed by atoms with Crippen LogP contribution in [0.4, 0.5) is 9.18 Å². The lowest BCUT2D eigenvalue weighted by Crippen LogP contribution is -2.45. The van der Waals surface area contributed by atoms with Gasteiger partial charge in [-0.15, -0.1) is 0 Å². The van der Waals surface area contributed by atoms with Crippen molar-refractivity contribution in [1.29, 1.82) is 0 Å². The molecule has 0 aromatic heterocycles. The van der Waals surface area contributed by atoms with Crippen molar-refractivity contribution in [2.24, 2.45) is 0 Å². The van der Waals surface area contributed by atoms with Crippen LogP contribution in [0.2, 0.25) is 0 Å². The zero-order chi connectivity index (χ0) is 17.6. The number of nitrogens with one attached hydrogen (secondary N) is 3. The second-order valence-electron chi connectivity index (χ2n) is 5.91. The fraction of sp³-hybridized carbons (Fsp3) is 0.500. The summed E-state index contributed by atoms with van der Waals surface area (Å²) >= 11 is 0. The summed E-state index contributed by atoms with van der Waals surface area (Å²) in [7, 11) is 0. The van der Waals surface area contributed by atoms with Gasteiger partial charge >= 0.3 is 6.09 Å². The number of rotatable bonds is 7. The van der Waals surface area contributed by atoms with E-state index >= 15 is 0 Å². The number of cyclic esters (lactones) is 1. The summed E-state index contributed by atoms with van der Waals surface area (Å²) in [6.45, 7) is 1.97. The Morgan fingerprint density at radius 2 is 2.24 bits per heavy atom. The van der Waals surface area contributed by atoms with Crippen LogP contribution in [0.5, 0.6) is 5.75 Å². The summed E-state index contributed by atoms with van der Waals surface area (Å²) in [5.41, 5.74) is 5.88. The third kappa shape index (κ3) is 4.58. The van der Waals surface area contributed by atoms with Crippen LogP contribution in [0.3, 0.4) is 0 Å². The van der Waals surface area contributed by atoms with Gasteiger partial charge in [-0.05, 0) is 18.6 Å². The van der Waals surface area contributed by atoms with E-state index in [1.54, 1.807) is 23.1 Å². The molecule has 8 nitrogen and oxygen atoms in total. The molecular formula is C16H21FN4O4. The molecule has 2 unspecified atom stereocenters. The number of nitrogens with zero attached hydrogens (tertiary/aromatic N) is 1. The molecule has 2 aliphatic heterocycles. The maximum absolute atomic E-state index is 13.5. The Morgan fingerprint density at radius 3 is 3.00 bits per heavy atom. The van der Waals surface area contributed by atoms with Crippen LogP contribution in [0, 0.1) is 5.82 Å². The van der Waals surface area contributed by atoms with Gasteiger partial charge in [0.1, 0.15) is 19.3 Å². The largest absolute Gasteiger partial charge is 0.489 e. The Bertz CT molecular complexity index is 630. The lowest BCUT2D eigenvalue weighted by molar-refractivity contribution is -0.122. The Kier molecular flexibility index (Phi) is 5.67. The normalized spacial score (nSPS) is 22.8. The van der Waals surface area contributed by atoms with Gasteiger partial charge < -0.3 is 19.7 Å². The molecule has 0 radical (unpaired) electrons. The van der Waals surface area contributed by atoms with Crippen molar-refractivity contribution in [2.75, 3.05) is 32.8 Å². The summed E-state index contributed by atoms with van der Waals surface area (Å²) in [4.78, 5) is 25.0. The first-order chi connectivity index (χ1) is 12.1. The highest BCUT2D eigenvalue weighted by Gasteiger charge is 2.30. The van der Waals surface area contributed by atoms with Crippen molar-refractivity contribution in [3.05, 3.63) is 30.1 Å². The van der Waals surface area contributed by atoms with E-state index < -0.39 is 11.9 Å². The molecule has 2 heterocycles. The van der Waals surface area contributed by atoms with Crippen molar-refractivity contribution < 1.29 is 23.5 Å². The molecule has 2 fully saturated rings. The molecule has 9 heteroatoms. The molecule has 0 saturated carbocycles. The number of amides is 2. The minimum Gasteiger partial charge on any atom is -0.489 e. The maximum atomic E-state index is 13.5. The van der Waals surface area contributed by atoms with Crippen molar-refractivity contribution >= 4 is 12.0 Å². The van der Waals surface area contributed by atoms with E-state index in [4.69, 9.17) is 9.47 Å². The second kappa shape index (κ2) is 8.13. The third-order valence-electron chi connectivity index (χ3n) is 4.10. The number of halogens is 1. The summed E-state index contributed by atoms with van der Waals surface area (Å²) < 4.78 is 23.8. The van der Waals surface area contributed by atoms with Crippen molar-refractivity contribution in [1.82, 2.24) is 21.1 Å². The molecule has 0 aliphatic carbocycles. The molecular weight excluding hydrogens is 331 g/mol. The molecule has 2 amide bonds. The highest BCUT2D eigenvalue weighted by molar-refractivity contribution is 5.82. The fourth-order valence-electron chi connectivity index (χ4n) is 2.72. The van der Waals surface area contributed by atoms with Gasteiger partial charge in [0.05, 0.1) is 12.6 Å². The van der Waals surface area contributed by atoms with Crippen molar-refractivity contribution in [3.8, 4) is 5.75 Å². The van der Waals surface area contributed by atoms with Crippen LogP contribution in [0.1, 0.15) is 6.42 Å². The van der Waals surface area contributed by atoms with E-state index in [-0.39, 0.29) is 30.4 Å². The SMILES string of the molecule is O=C(NCCN1CCOC1=O)C1CC(COc2ccccc2F)NN1. The molecule has 1 aromatic rings. The van der Waals surface area contributed by atoms with E-state index in [0.717, 1.165) is 0 Å². The molecule has 0 bridgehead atoms. The Morgan fingerprint density at radius 1 is 1.40 bits per heavy atom. The Labute approximate surface area is 144 Å². The number of carbonyl (C=O) groups is 2. The van der Waals surface area contributed by atoms with Gasteiger partial charge in [-0.1, -0.05) is 12.1 Å². The maximum Gasteiger partial charge on any atom is 0.409 e. The first kappa shape index (κ1) is 17.4. The first-order valence-corrected chi connectivity index (χ1v) is 8.21. The number of benzene rings is 1. The topological polar surface area (TPSA) is 91.9 Å². The van der Waals surface area contributed by atoms with Crippen LogP contribution in [0.25, 0.3) is 0 Å². The molecule has 1 aromatic carbocycles. The Hall–Kier alpha value is -2.39. The number of hydrazine groups is 1. The smallest absolute Gasteiger partial charge is 0.409 e. The van der Waals surface area contributed by atoms with Gasteiger partial charge in [-0.2, -0.15) is 0 Å². The number of carbonyl (C=O) groups excluding carboxylic acids is 2. The summed E-state index contributed by atoms with van der Waals surface area (Å²) in [5, 5.41) is 2.78. The lowest BCUT2D eigenvalue weighted by Gasteiger charge is -2.15. The van der Waals surface area contributed by atoms with Crippen LogP contribution in [-0.2, 0) is 9.53 Å². The monoisotopic (exact) mass is 352 g/mol. The zero-order valence-electron chi connectivity index (χ0n) is 13.7. The third-order valence-corrected chi connectivity index (χ3v) is 4.10. The minimum absolute atomic E-state index is 0.107. The summed E-state index contributed by atoms with van der Waals surface area (Å²) in [5.74, 6) is -0.383. The average Bonchev–Trinajstić information content (AvgIpc) is 3.24. The van der Waals surface area contributed by atoms with Crippen LogP contribution in [0.15, 0.2) is 24.3 Å². The van der Waals surface area contributed by atoms with Crippen molar-refractivity contribution in [3.63, 3.8) is 0 Å². The highest BCUT2D eigenvalue weighted by atomic mass is 19.1. The fourth-order valence-corrected chi connectivity index (χ4v) is 2.72. The highest BCUT2D eigenvalue weighted by Crippen LogP contribution is 2.16. The van der Waals surface area contributed by atoms with Gasteiger partial charge in [0.2, 0.25) is 5.91 Å². The molecule has 2 aliphatic rings. The molecule has 3 N–H and O–H groups in total.